The smallest absolute Gasteiger partial charge is 0.275 e. The summed E-state index contributed by atoms with van der Waals surface area (Å²) < 4.78 is 2.26. The molecular weight excluding hydrogens is 310 g/mol. The van der Waals surface area contributed by atoms with E-state index < -0.39 is 6.10 Å². The van der Waals surface area contributed by atoms with Crippen molar-refractivity contribution in [2.24, 2.45) is 13.0 Å². The van der Waals surface area contributed by atoms with Gasteiger partial charge in [0.15, 0.2) is 0 Å². The van der Waals surface area contributed by atoms with Crippen LogP contribution >= 0.6 is 11.3 Å². The number of hydrogen-bond acceptors (Lipinski definition) is 5. The highest BCUT2D eigenvalue weighted by Crippen LogP contribution is 2.33. The van der Waals surface area contributed by atoms with Crippen LogP contribution in [0.2, 0.25) is 0 Å². The largest absolute Gasteiger partial charge is 0.383 e. The highest BCUT2D eigenvalue weighted by molar-refractivity contribution is 7.19. The van der Waals surface area contributed by atoms with Crippen molar-refractivity contribution in [3.05, 3.63) is 57.1 Å². The second-order valence-electron chi connectivity index (χ2n) is 6.05. The molecule has 5 nitrogen and oxygen atoms in total. The average Bonchev–Trinajstić information content (AvgIpc) is 2.98. The van der Waals surface area contributed by atoms with Gasteiger partial charge in [0.05, 0.1) is 15.8 Å². The summed E-state index contributed by atoms with van der Waals surface area (Å²) in [5.74, 6) is 0.442. The quantitative estimate of drug-likeness (QED) is 0.799. The first-order valence-electron chi connectivity index (χ1n) is 7.55. The Morgan fingerprint density at radius 3 is 2.83 bits per heavy atom. The highest BCUT2D eigenvalue weighted by Gasteiger charge is 2.19. The first kappa shape index (κ1) is 15.8. The number of aliphatic hydroxyl groups is 1. The molecule has 0 aliphatic carbocycles. The summed E-state index contributed by atoms with van der Waals surface area (Å²) in [5.41, 5.74) is 1.49. The Hall–Kier alpha value is -2.05. The lowest BCUT2D eigenvalue weighted by Crippen LogP contribution is -2.21. The van der Waals surface area contributed by atoms with Crippen molar-refractivity contribution in [1.82, 2.24) is 14.8 Å². The molecule has 0 aromatic carbocycles. The fourth-order valence-corrected chi connectivity index (χ4v) is 3.74. The van der Waals surface area contributed by atoms with Crippen LogP contribution in [0.4, 0.5) is 0 Å². The maximum absolute atomic E-state index is 12.4. The Balaban J connectivity index is 2.14. The van der Waals surface area contributed by atoms with Gasteiger partial charge in [-0.1, -0.05) is 19.9 Å². The predicted molar refractivity (Wildman–Crippen MR) is 91.7 cm³/mol. The van der Waals surface area contributed by atoms with Crippen LogP contribution in [0.15, 0.2) is 35.4 Å². The zero-order valence-corrected chi connectivity index (χ0v) is 14.2. The highest BCUT2D eigenvalue weighted by atomic mass is 32.1. The molecular formula is C17H19N3O2S. The van der Waals surface area contributed by atoms with Crippen molar-refractivity contribution < 1.29 is 5.11 Å². The molecule has 1 N–H and O–H groups in total. The van der Waals surface area contributed by atoms with E-state index >= 15 is 0 Å². The van der Waals surface area contributed by atoms with Crippen LogP contribution in [0.3, 0.4) is 0 Å². The standard InChI is InChI=1S/C17H19N3O2S/c1-10(2)7-13-16-12(17(22)20(3)19-13)8-14(23-16)15(21)11-5-4-6-18-9-11/h4-6,8-10,15,21H,7H2,1-3H3. The number of rotatable bonds is 4. The topological polar surface area (TPSA) is 68.0 Å². The molecule has 0 saturated heterocycles. The lowest BCUT2D eigenvalue weighted by molar-refractivity contribution is 0.224. The third kappa shape index (κ3) is 3.04. The number of aryl methyl sites for hydroxylation is 1. The van der Waals surface area contributed by atoms with Crippen LogP contribution in [0, 0.1) is 5.92 Å². The summed E-state index contributed by atoms with van der Waals surface area (Å²) >= 11 is 1.44. The fraction of sp³-hybridized carbons (Fsp3) is 0.353. The number of aliphatic hydroxyl groups excluding tert-OH is 1. The summed E-state index contributed by atoms with van der Waals surface area (Å²) in [6.45, 7) is 4.25. The molecule has 0 radical (unpaired) electrons. The molecule has 3 aromatic rings. The van der Waals surface area contributed by atoms with Gasteiger partial charge in [0.2, 0.25) is 0 Å². The molecule has 3 heterocycles. The van der Waals surface area contributed by atoms with Crippen molar-refractivity contribution >= 4 is 21.4 Å². The van der Waals surface area contributed by atoms with Gasteiger partial charge in [0.1, 0.15) is 6.10 Å². The number of pyridine rings is 1. The van der Waals surface area contributed by atoms with Crippen molar-refractivity contribution in [1.29, 1.82) is 0 Å². The Kier molecular flexibility index (Phi) is 4.28. The Morgan fingerprint density at radius 1 is 1.39 bits per heavy atom. The van der Waals surface area contributed by atoms with Gasteiger partial charge in [0.25, 0.3) is 5.56 Å². The Bertz CT molecular complexity index is 884. The van der Waals surface area contributed by atoms with Gasteiger partial charge >= 0.3 is 0 Å². The van der Waals surface area contributed by atoms with Gasteiger partial charge < -0.3 is 5.11 Å². The van der Waals surface area contributed by atoms with Crippen molar-refractivity contribution in [3.8, 4) is 0 Å². The van der Waals surface area contributed by atoms with Crippen LogP contribution < -0.4 is 5.56 Å². The lowest BCUT2D eigenvalue weighted by Gasteiger charge is -2.07. The lowest BCUT2D eigenvalue weighted by atomic mass is 10.1. The molecule has 0 bridgehead atoms. The molecule has 120 valence electrons. The summed E-state index contributed by atoms with van der Waals surface area (Å²) in [4.78, 5) is 17.1. The maximum atomic E-state index is 12.4. The molecule has 0 aliphatic rings. The van der Waals surface area contributed by atoms with Crippen LogP contribution in [-0.2, 0) is 13.5 Å². The van der Waals surface area contributed by atoms with Crippen LogP contribution in [0.25, 0.3) is 10.1 Å². The molecule has 0 saturated carbocycles. The van der Waals surface area contributed by atoms with E-state index in [1.807, 2.05) is 6.07 Å². The molecule has 1 unspecified atom stereocenters. The first-order chi connectivity index (χ1) is 11.0. The van der Waals surface area contributed by atoms with E-state index in [1.54, 1.807) is 31.6 Å². The third-order valence-corrected chi connectivity index (χ3v) is 4.92. The maximum Gasteiger partial charge on any atom is 0.275 e. The first-order valence-corrected chi connectivity index (χ1v) is 8.36. The fourth-order valence-electron chi connectivity index (χ4n) is 2.59. The van der Waals surface area contributed by atoms with Gasteiger partial charge in [-0.15, -0.1) is 11.3 Å². The second-order valence-corrected chi connectivity index (χ2v) is 7.14. The van der Waals surface area contributed by atoms with Crippen LogP contribution in [-0.4, -0.2) is 19.9 Å². The molecule has 0 aliphatic heterocycles. The zero-order valence-electron chi connectivity index (χ0n) is 13.4. The molecule has 0 fully saturated rings. The molecule has 3 aromatic heterocycles. The third-order valence-electron chi connectivity index (χ3n) is 3.68. The minimum atomic E-state index is -0.780. The normalized spacial score (nSPS) is 12.9. The van der Waals surface area contributed by atoms with Gasteiger partial charge in [-0.2, -0.15) is 5.10 Å². The summed E-state index contributed by atoms with van der Waals surface area (Å²) in [6, 6.07) is 5.40. The SMILES string of the molecule is CC(C)Cc1nn(C)c(=O)c2cc(C(O)c3cccnc3)sc12. The van der Waals surface area contributed by atoms with E-state index in [1.165, 1.54) is 16.0 Å². The van der Waals surface area contributed by atoms with Gasteiger partial charge in [-0.25, -0.2) is 4.68 Å². The molecule has 6 heteroatoms. The Labute approximate surface area is 138 Å². The van der Waals surface area contributed by atoms with Gasteiger partial charge in [-0.05, 0) is 24.5 Å². The monoisotopic (exact) mass is 329 g/mol. The van der Waals surface area contributed by atoms with Crippen LogP contribution in [0.5, 0.6) is 0 Å². The Morgan fingerprint density at radius 2 is 2.17 bits per heavy atom. The molecule has 23 heavy (non-hydrogen) atoms. The van der Waals surface area contributed by atoms with E-state index in [2.05, 4.69) is 23.9 Å². The number of nitrogens with zero attached hydrogens (tertiary/aromatic N) is 3. The molecule has 0 amide bonds. The van der Waals surface area contributed by atoms with Gasteiger partial charge in [-0.3, -0.25) is 9.78 Å². The van der Waals surface area contributed by atoms with Crippen molar-refractivity contribution in [3.63, 3.8) is 0 Å². The van der Waals surface area contributed by atoms with E-state index in [0.29, 0.717) is 16.9 Å². The predicted octanol–water partition coefficient (Wildman–Crippen LogP) is 2.67. The summed E-state index contributed by atoms with van der Waals surface area (Å²) in [6.07, 6.45) is 3.33. The molecule has 1 atom stereocenters. The average molecular weight is 329 g/mol. The number of hydrogen-bond donors (Lipinski definition) is 1. The number of aromatic nitrogens is 3. The van der Waals surface area contributed by atoms with E-state index in [-0.39, 0.29) is 5.56 Å². The number of thiophene rings is 1. The van der Waals surface area contributed by atoms with Crippen LogP contribution in [0.1, 0.15) is 36.1 Å². The van der Waals surface area contributed by atoms with Crippen molar-refractivity contribution in [2.75, 3.05) is 0 Å². The van der Waals surface area contributed by atoms with E-state index in [4.69, 9.17) is 0 Å². The van der Waals surface area contributed by atoms with Crippen molar-refractivity contribution in [2.45, 2.75) is 26.4 Å². The summed E-state index contributed by atoms with van der Waals surface area (Å²) in [7, 11) is 1.67. The molecule has 0 spiro atoms. The summed E-state index contributed by atoms with van der Waals surface area (Å²) in [5, 5.41) is 15.6. The minimum absolute atomic E-state index is 0.131. The molecule has 3 rings (SSSR count). The zero-order chi connectivity index (χ0) is 16.6. The van der Waals surface area contributed by atoms with E-state index in [9.17, 15) is 9.90 Å². The van der Waals surface area contributed by atoms with Gasteiger partial charge in [0, 0.05) is 29.9 Å². The second kappa shape index (κ2) is 6.22. The minimum Gasteiger partial charge on any atom is -0.383 e. The number of fused-ring (bicyclic) bond motifs is 1. The van der Waals surface area contributed by atoms with E-state index in [0.717, 1.165) is 21.7 Å².